The molecule has 6 heteroatoms. The van der Waals surface area contributed by atoms with Gasteiger partial charge in [0.15, 0.2) is 0 Å². The van der Waals surface area contributed by atoms with E-state index in [2.05, 4.69) is 109 Å². The van der Waals surface area contributed by atoms with E-state index in [-0.39, 0.29) is 7.25 Å². The molecule has 0 bridgehead atoms. The van der Waals surface area contributed by atoms with Crippen LogP contribution in [0.2, 0.25) is 13.1 Å². The van der Waals surface area contributed by atoms with Gasteiger partial charge in [0.05, 0.1) is 0 Å². The number of benzene rings is 2. The van der Waals surface area contributed by atoms with Crippen LogP contribution >= 0.6 is 39.7 Å². The number of hydrogen-bond donors (Lipinski definition) is 0. The molecule has 2 atom stereocenters. The molecule has 0 N–H and O–H groups in total. The zero-order chi connectivity index (χ0) is 26.7. The van der Waals surface area contributed by atoms with Crippen molar-refractivity contribution in [2.45, 2.75) is 47.0 Å². The van der Waals surface area contributed by atoms with E-state index >= 15 is 0 Å². The summed E-state index contributed by atoms with van der Waals surface area (Å²) in [6.07, 6.45) is 6.86. The molecule has 2 aromatic carbocycles. The Balaban J connectivity index is 1.60. The quantitative estimate of drug-likeness (QED) is 0.172. The third-order valence-corrected chi connectivity index (χ3v) is 62.2. The van der Waals surface area contributed by atoms with Gasteiger partial charge in [0.2, 0.25) is 0 Å². The van der Waals surface area contributed by atoms with E-state index in [0.717, 1.165) is 12.8 Å². The molecular weight excluding hydrogens is 639 g/mol. The van der Waals surface area contributed by atoms with Crippen molar-refractivity contribution in [2.75, 3.05) is 0 Å². The van der Waals surface area contributed by atoms with Crippen molar-refractivity contribution in [2.24, 2.45) is 0 Å². The third kappa shape index (κ3) is 3.97. The molecule has 0 amide bonds. The van der Waals surface area contributed by atoms with Crippen LogP contribution in [0.1, 0.15) is 56.2 Å². The maximum atomic E-state index is 8.46. The van der Waals surface area contributed by atoms with Crippen LogP contribution < -0.4 is 0 Å². The zero-order valence-electron chi connectivity index (χ0n) is 22.3. The van der Waals surface area contributed by atoms with Gasteiger partial charge in [-0.1, -0.05) is 0 Å². The summed E-state index contributed by atoms with van der Waals surface area (Å²) in [5, 5.41) is 8.84. The first kappa shape index (κ1) is 27.2. The molecule has 195 valence electrons. The average Bonchev–Trinajstić information content (AvgIpc) is 3.72. The standard InChI is InChI=1S/2C15H13S.C2H7Si.2ClH.Zr/c2*1-2-11-8-12-4-3-5-14(15(12)9-11)13-6-7-16-10-13;1-3-2;;;/h2*3-10H,2H2,1H3;3H,1-2H3;2*1H;/q;;;;;+2/p-2. The molecule has 2 aliphatic rings. The monoisotopic (exact) mass is 669 g/mol. The Morgan fingerprint density at radius 3 is 1.50 bits per heavy atom. The Morgan fingerprint density at radius 1 is 0.711 bits per heavy atom. The Hall–Kier alpha value is -1.00. The fraction of sp³-hybridized carbons (Fsp3) is 0.250. The third-order valence-electron chi connectivity index (χ3n) is 8.99. The Kier molecular flexibility index (Phi) is 7.24. The molecule has 0 spiro atoms. The van der Waals surface area contributed by atoms with Gasteiger partial charge in [-0.15, -0.1) is 0 Å². The molecule has 2 heterocycles. The van der Waals surface area contributed by atoms with Crippen molar-refractivity contribution in [3.63, 3.8) is 0 Å². The zero-order valence-corrected chi connectivity index (χ0v) is 29.1. The summed E-state index contributed by atoms with van der Waals surface area (Å²) < 4.78 is 0.307. The first-order chi connectivity index (χ1) is 18.3. The molecule has 0 radical (unpaired) electrons. The van der Waals surface area contributed by atoms with Crippen molar-refractivity contribution in [3.05, 3.63) is 103 Å². The molecule has 0 saturated heterocycles. The normalized spacial score (nSPS) is 19.6. The Morgan fingerprint density at radius 2 is 1.16 bits per heavy atom. The minimum absolute atomic E-state index is 0.153. The first-order valence-electron chi connectivity index (χ1n) is 13.6. The fourth-order valence-corrected chi connectivity index (χ4v) is 40.1. The summed E-state index contributed by atoms with van der Waals surface area (Å²) in [4.78, 5) is 0. The van der Waals surface area contributed by atoms with Crippen molar-refractivity contribution in [1.82, 2.24) is 0 Å². The molecule has 0 fully saturated rings. The van der Waals surface area contributed by atoms with Crippen LogP contribution in [0.4, 0.5) is 0 Å². The Labute approximate surface area is 243 Å². The SMILES string of the molecule is CCC1=Cc2c(-c3ccsc3)cccc2[CH]1[Zr]([Cl])([Cl])([CH]1C(CC)=Cc2c(-c3ccsc3)cccc21)[SiH](C)C. The van der Waals surface area contributed by atoms with Crippen molar-refractivity contribution in [3.8, 4) is 22.3 Å². The molecule has 0 saturated carbocycles. The second kappa shape index (κ2) is 10.1. The van der Waals surface area contributed by atoms with Crippen LogP contribution in [0.5, 0.6) is 0 Å². The van der Waals surface area contributed by atoms with Crippen LogP contribution in [-0.2, 0) is 15.6 Å². The second-order valence-electron chi connectivity index (χ2n) is 11.0. The topological polar surface area (TPSA) is 0 Å². The van der Waals surface area contributed by atoms with Gasteiger partial charge in [-0.2, -0.15) is 0 Å². The van der Waals surface area contributed by atoms with Gasteiger partial charge < -0.3 is 0 Å². The predicted molar refractivity (Wildman–Crippen MR) is 172 cm³/mol. The molecule has 2 unspecified atom stereocenters. The molecule has 38 heavy (non-hydrogen) atoms. The molecule has 2 aliphatic carbocycles. The molecule has 0 nitrogen and oxygen atoms in total. The van der Waals surface area contributed by atoms with Crippen LogP contribution in [0.15, 0.2) is 81.2 Å². The van der Waals surface area contributed by atoms with E-state index in [0.29, 0.717) is 0 Å². The van der Waals surface area contributed by atoms with Gasteiger partial charge in [0.1, 0.15) is 0 Å². The number of fused-ring (bicyclic) bond motifs is 2. The number of hydrogen-bond acceptors (Lipinski definition) is 2. The van der Waals surface area contributed by atoms with Gasteiger partial charge in [-0.05, 0) is 0 Å². The number of rotatable bonds is 7. The summed E-state index contributed by atoms with van der Waals surface area (Å²) in [7, 11) is 16.9. The van der Waals surface area contributed by atoms with E-state index < -0.39 is 21.5 Å². The van der Waals surface area contributed by atoms with E-state index in [1.807, 2.05) is 0 Å². The predicted octanol–water partition coefficient (Wildman–Crippen LogP) is 11.5. The molecule has 0 aliphatic heterocycles. The summed E-state index contributed by atoms with van der Waals surface area (Å²) in [6, 6.07) is 18.1. The van der Waals surface area contributed by atoms with Crippen molar-refractivity contribution >= 4 is 57.8 Å². The van der Waals surface area contributed by atoms with Gasteiger partial charge in [0, 0.05) is 0 Å². The van der Waals surface area contributed by atoms with Gasteiger partial charge in [-0.3, -0.25) is 0 Å². The van der Waals surface area contributed by atoms with Gasteiger partial charge in [0.25, 0.3) is 0 Å². The summed E-state index contributed by atoms with van der Waals surface area (Å²) in [5.41, 5.74) is 13.5. The van der Waals surface area contributed by atoms with E-state index in [9.17, 15) is 0 Å². The summed E-state index contributed by atoms with van der Waals surface area (Å²) in [6.45, 7) is 9.45. The Bertz CT molecular complexity index is 1450. The fourth-order valence-electron chi connectivity index (χ4n) is 7.02. The first-order valence-corrected chi connectivity index (χ1v) is 31.8. The second-order valence-corrected chi connectivity index (χ2v) is 55.1. The molecule has 6 rings (SSSR count). The van der Waals surface area contributed by atoms with Gasteiger partial charge in [-0.25, -0.2) is 0 Å². The van der Waals surface area contributed by atoms with E-state index in [4.69, 9.17) is 17.0 Å². The minimum atomic E-state index is -4.65. The van der Waals surface area contributed by atoms with Crippen LogP contribution in [-0.4, -0.2) is 5.92 Å². The van der Waals surface area contributed by atoms with Gasteiger partial charge >= 0.3 is 246 Å². The van der Waals surface area contributed by atoms with Crippen LogP contribution in [0.3, 0.4) is 0 Å². The number of halogens is 2. The molecule has 2 aromatic heterocycles. The molecule has 4 aromatic rings. The maximum absolute atomic E-state index is 8.46. The van der Waals surface area contributed by atoms with Crippen molar-refractivity contribution in [1.29, 1.82) is 0 Å². The molecular formula is C32H33Cl2S2SiZr. The van der Waals surface area contributed by atoms with E-state index in [1.54, 1.807) is 22.7 Å². The number of thiophene rings is 2. The summed E-state index contributed by atoms with van der Waals surface area (Å²) >= 11 is -1.15. The van der Waals surface area contributed by atoms with E-state index in [1.165, 1.54) is 55.7 Å². The van der Waals surface area contributed by atoms with Crippen LogP contribution in [0, 0.1) is 0 Å². The number of allylic oxidation sites excluding steroid dienone is 2. The van der Waals surface area contributed by atoms with Crippen molar-refractivity contribution < 1.29 is 15.6 Å². The average molecular weight is 672 g/mol. The van der Waals surface area contributed by atoms with Crippen LogP contribution in [0.25, 0.3) is 34.4 Å². The summed E-state index contributed by atoms with van der Waals surface area (Å²) in [5.74, 6) is -1.54.